The number of fused-ring (bicyclic) bond motifs is 1. The van der Waals surface area contributed by atoms with Crippen LogP contribution < -0.4 is 21.7 Å². The van der Waals surface area contributed by atoms with Crippen LogP contribution in [0, 0.1) is 12.8 Å². The zero-order valence-corrected chi connectivity index (χ0v) is 36.2. The van der Waals surface area contributed by atoms with Crippen LogP contribution in [0.15, 0.2) is 84.9 Å². The highest BCUT2D eigenvalue weighted by Gasteiger charge is 2.40. The number of urea groups is 1. The highest BCUT2D eigenvalue weighted by molar-refractivity contribution is 5.97. The Morgan fingerprint density at radius 3 is 2.30 bits per heavy atom. The fourth-order valence-corrected chi connectivity index (χ4v) is 7.94. The van der Waals surface area contributed by atoms with Gasteiger partial charge in [0.15, 0.2) is 5.78 Å². The molecule has 1 aliphatic heterocycles. The third kappa shape index (κ3) is 13.5. The summed E-state index contributed by atoms with van der Waals surface area (Å²) in [6.07, 6.45) is 4.75. The highest BCUT2D eigenvalue weighted by atomic mass is 16.6. The van der Waals surface area contributed by atoms with Crippen LogP contribution in [0.5, 0.6) is 0 Å². The third-order valence-electron chi connectivity index (χ3n) is 11.3. The molecule has 1 fully saturated rings. The monoisotopic (exact) mass is 834 g/mol. The Morgan fingerprint density at radius 2 is 1.59 bits per heavy atom. The van der Waals surface area contributed by atoms with E-state index >= 15 is 0 Å². The molecule has 61 heavy (non-hydrogen) atoms. The molecule has 1 saturated heterocycles. The van der Waals surface area contributed by atoms with Gasteiger partial charge in [-0.25, -0.2) is 9.59 Å². The van der Waals surface area contributed by atoms with E-state index in [2.05, 4.69) is 22.0 Å². The van der Waals surface area contributed by atoms with Crippen molar-refractivity contribution in [3.05, 3.63) is 113 Å². The Morgan fingerprint density at radius 1 is 0.885 bits per heavy atom. The van der Waals surface area contributed by atoms with Crippen molar-refractivity contribution in [2.45, 2.75) is 116 Å². The number of amides is 6. The predicted octanol–water partition coefficient (Wildman–Crippen LogP) is 6.01. The molecule has 6 amide bonds. The molecule has 5 N–H and O–H groups in total. The first-order valence-corrected chi connectivity index (χ1v) is 21.4. The van der Waals surface area contributed by atoms with Gasteiger partial charge in [-0.1, -0.05) is 90.5 Å². The number of hydrogen-bond donors (Lipinski definition) is 4. The van der Waals surface area contributed by atoms with E-state index < -0.39 is 47.7 Å². The zero-order valence-electron chi connectivity index (χ0n) is 36.2. The van der Waals surface area contributed by atoms with Crippen molar-refractivity contribution in [2.24, 2.45) is 11.7 Å². The zero-order chi connectivity index (χ0) is 44.1. The van der Waals surface area contributed by atoms with Gasteiger partial charge in [0, 0.05) is 51.9 Å². The lowest BCUT2D eigenvalue weighted by molar-refractivity contribution is -0.146. The van der Waals surface area contributed by atoms with Crippen molar-refractivity contribution >= 4 is 41.2 Å². The van der Waals surface area contributed by atoms with Crippen LogP contribution in [0.2, 0.25) is 0 Å². The first-order valence-electron chi connectivity index (χ1n) is 21.4. The number of carbonyl (C=O) groups is 6. The largest absolute Gasteiger partial charge is 0.444 e. The Labute approximate surface area is 359 Å². The maximum atomic E-state index is 14.7. The fraction of sp³-hybridized carbons (Fsp3) is 0.458. The average molecular weight is 835 g/mol. The fourth-order valence-electron chi connectivity index (χ4n) is 7.94. The summed E-state index contributed by atoms with van der Waals surface area (Å²) in [5, 5.41) is 8.59. The Bertz CT molecular complexity index is 2040. The van der Waals surface area contributed by atoms with Crippen molar-refractivity contribution in [1.29, 1.82) is 0 Å². The summed E-state index contributed by atoms with van der Waals surface area (Å²) in [5.74, 6) is -2.25. The first kappa shape index (κ1) is 46.1. The molecule has 3 aromatic rings. The van der Waals surface area contributed by atoms with Gasteiger partial charge in [0.1, 0.15) is 17.7 Å². The molecule has 0 saturated carbocycles. The number of piperidine rings is 1. The van der Waals surface area contributed by atoms with Crippen LogP contribution in [-0.4, -0.2) is 89.3 Å². The summed E-state index contributed by atoms with van der Waals surface area (Å²) in [7, 11) is 1.54. The van der Waals surface area contributed by atoms with Gasteiger partial charge in [-0.05, 0) is 94.0 Å². The molecule has 2 aliphatic rings. The van der Waals surface area contributed by atoms with E-state index in [1.807, 2.05) is 85.8 Å². The van der Waals surface area contributed by atoms with Crippen LogP contribution in [0.4, 0.5) is 9.59 Å². The molecule has 0 bridgehead atoms. The smallest absolute Gasteiger partial charge is 0.410 e. The second-order valence-electron chi connectivity index (χ2n) is 17.2. The van der Waals surface area contributed by atoms with Crippen molar-refractivity contribution in [3.63, 3.8) is 0 Å². The molecule has 0 aromatic heterocycles. The van der Waals surface area contributed by atoms with Gasteiger partial charge in [-0.2, -0.15) is 0 Å². The molecule has 5 rings (SSSR count). The van der Waals surface area contributed by atoms with Gasteiger partial charge in [0.05, 0.1) is 6.04 Å². The Balaban J connectivity index is 1.40. The van der Waals surface area contributed by atoms with Crippen molar-refractivity contribution in [1.82, 2.24) is 25.8 Å². The number of ether oxygens (including phenoxy) is 1. The minimum absolute atomic E-state index is 0.163. The number of benzene rings is 3. The standard InChI is InChI=1S/C48H62N6O7/c1-32-20-22-34(23-21-32)31-51-43(56)37(17-13-26-50-46(49)59)30-42(55)39(29-36-25-24-35-16-9-10-18-38(35)36)52-44(57)40-19-11-12-27-54(40)45(58)41(28-33-14-7-6-8-15-33)53(5)47(60)61-48(2,3)4/h6-10,14-16,18,20-23,25,37,39-41H,11-13,17,19,24,26-31H2,1-5H3,(H,51,56)(H,52,57)(H3,49,50,59)/t37-,39+,40+,41+/m1/s1. The topological polar surface area (TPSA) is 180 Å². The Hall–Kier alpha value is -5.98. The van der Waals surface area contributed by atoms with E-state index in [4.69, 9.17) is 10.5 Å². The van der Waals surface area contributed by atoms with Crippen LogP contribution in [-0.2, 0) is 43.3 Å². The number of likely N-dealkylation sites (tertiary alicyclic amines) is 1. The average Bonchev–Trinajstić information content (AvgIpc) is 3.64. The SMILES string of the molecule is Cc1ccc(CNC(=O)[C@H](CCCNC(N)=O)CC(=O)[C@H](CC2=CCc3ccccc32)NC(=O)[C@@H]2CCCCN2C(=O)[C@H](Cc2ccccc2)N(C)C(=O)OC(C)(C)C)cc1. The molecule has 0 unspecified atom stereocenters. The number of ketones is 1. The molecule has 13 nitrogen and oxygen atoms in total. The van der Waals surface area contributed by atoms with Crippen LogP contribution in [0.25, 0.3) is 5.57 Å². The minimum atomic E-state index is -1.01. The van der Waals surface area contributed by atoms with E-state index in [1.165, 1.54) is 11.9 Å². The van der Waals surface area contributed by atoms with Crippen molar-refractivity contribution in [3.8, 4) is 0 Å². The number of Topliss-reactive ketones (excluding diaryl/α,β-unsaturated/α-hetero) is 1. The molecule has 3 aromatic carbocycles. The number of carbonyl (C=O) groups excluding carboxylic acids is 6. The van der Waals surface area contributed by atoms with Crippen LogP contribution in [0.3, 0.4) is 0 Å². The van der Waals surface area contributed by atoms with Gasteiger partial charge < -0.3 is 31.3 Å². The lowest BCUT2D eigenvalue weighted by Gasteiger charge is -2.39. The van der Waals surface area contributed by atoms with E-state index in [0.29, 0.717) is 38.6 Å². The maximum Gasteiger partial charge on any atom is 0.410 e. The molecule has 0 spiro atoms. The van der Waals surface area contributed by atoms with Gasteiger partial charge >= 0.3 is 12.1 Å². The second kappa shape index (κ2) is 21.5. The Kier molecular flexibility index (Phi) is 16.3. The molecular weight excluding hydrogens is 773 g/mol. The maximum absolute atomic E-state index is 14.7. The number of nitrogens with zero attached hydrogens (tertiary/aromatic N) is 2. The van der Waals surface area contributed by atoms with Gasteiger partial charge in [-0.3, -0.25) is 24.1 Å². The normalized spacial score (nSPS) is 16.2. The van der Waals surface area contributed by atoms with Crippen LogP contribution in [0.1, 0.15) is 93.5 Å². The van der Waals surface area contributed by atoms with E-state index in [9.17, 15) is 28.8 Å². The lowest BCUT2D eigenvalue weighted by Crippen LogP contribution is -2.59. The minimum Gasteiger partial charge on any atom is -0.444 e. The van der Waals surface area contributed by atoms with Crippen LogP contribution >= 0.6 is 0 Å². The van der Waals surface area contributed by atoms with Gasteiger partial charge in [-0.15, -0.1) is 0 Å². The quantitative estimate of drug-likeness (QED) is 0.113. The summed E-state index contributed by atoms with van der Waals surface area (Å²) in [6, 6.07) is 21.6. The number of nitrogens with two attached hydrogens (primary N) is 1. The molecule has 4 atom stereocenters. The molecule has 0 radical (unpaired) electrons. The molecule has 326 valence electrons. The van der Waals surface area contributed by atoms with Crippen molar-refractivity contribution < 1.29 is 33.5 Å². The molecular formula is C48H62N6O7. The number of nitrogens with one attached hydrogen (secondary N) is 3. The summed E-state index contributed by atoms with van der Waals surface area (Å²) in [5.41, 5.74) is 10.4. The van der Waals surface area contributed by atoms with E-state index in [1.54, 1.807) is 25.7 Å². The summed E-state index contributed by atoms with van der Waals surface area (Å²) < 4.78 is 5.67. The highest BCUT2D eigenvalue weighted by Crippen LogP contribution is 2.32. The van der Waals surface area contributed by atoms with Gasteiger partial charge in [0.25, 0.3) is 0 Å². The number of aryl methyl sites for hydroxylation is 1. The predicted molar refractivity (Wildman–Crippen MR) is 235 cm³/mol. The van der Waals surface area contributed by atoms with Gasteiger partial charge in [0.2, 0.25) is 17.7 Å². The molecule has 1 heterocycles. The van der Waals surface area contributed by atoms with Crippen molar-refractivity contribution in [2.75, 3.05) is 20.1 Å². The second-order valence-corrected chi connectivity index (χ2v) is 17.2. The summed E-state index contributed by atoms with van der Waals surface area (Å²) in [4.78, 5) is 85.3. The number of likely N-dealkylation sites (N-methyl/N-ethyl adjacent to an activating group) is 1. The molecule has 1 aliphatic carbocycles. The number of rotatable bonds is 18. The summed E-state index contributed by atoms with van der Waals surface area (Å²) in [6.45, 7) is 8.06. The third-order valence-corrected chi connectivity index (χ3v) is 11.3. The summed E-state index contributed by atoms with van der Waals surface area (Å²) >= 11 is 0. The number of allylic oxidation sites excluding steroid dienone is 1. The molecule has 13 heteroatoms. The first-order chi connectivity index (χ1) is 29.1. The number of hydrogen-bond acceptors (Lipinski definition) is 7. The van der Waals surface area contributed by atoms with E-state index in [0.717, 1.165) is 33.4 Å². The lowest BCUT2D eigenvalue weighted by atomic mass is 9.89. The van der Waals surface area contributed by atoms with E-state index in [-0.39, 0.29) is 56.4 Å². The number of primary amides is 1.